The smallest absolute Gasteiger partial charge is 0.308 e. The van der Waals surface area contributed by atoms with Crippen molar-refractivity contribution in [2.75, 3.05) is 6.54 Å². The van der Waals surface area contributed by atoms with Crippen molar-refractivity contribution in [1.82, 2.24) is 24.9 Å². The normalized spacial score (nSPS) is 18.9. The van der Waals surface area contributed by atoms with Crippen LogP contribution in [-0.2, 0) is 26.7 Å². The molecule has 21 heavy (non-hydrogen) atoms. The Morgan fingerprint density at radius 2 is 1.95 bits per heavy atom. The Morgan fingerprint density at radius 1 is 1.24 bits per heavy atom. The van der Waals surface area contributed by atoms with Gasteiger partial charge in [-0.25, -0.2) is 0 Å². The SMILES string of the molecule is C[C@@H]1NCCc2c1nn(C)c2-c1cc(C(F)(F)F)n(C)n1. The third-order valence-corrected chi connectivity index (χ3v) is 3.82. The minimum atomic E-state index is -4.41. The molecule has 0 bridgehead atoms. The molecule has 5 nitrogen and oxygen atoms in total. The summed E-state index contributed by atoms with van der Waals surface area (Å²) in [5.74, 6) is 0. The maximum atomic E-state index is 12.9. The molecule has 3 heterocycles. The highest BCUT2D eigenvalue weighted by Crippen LogP contribution is 2.35. The van der Waals surface area contributed by atoms with Crippen LogP contribution in [0.2, 0.25) is 0 Å². The molecule has 0 radical (unpaired) electrons. The lowest BCUT2D eigenvalue weighted by Gasteiger charge is -2.19. The van der Waals surface area contributed by atoms with Gasteiger partial charge in [0.2, 0.25) is 0 Å². The number of aromatic nitrogens is 4. The highest BCUT2D eigenvalue weighted by molar-refractivity contribution is 5.62. The third kappa shape index (κ3) is 2.23. The van der Waals surface area contributed by atoms with Crippen molar-refractivity contribution >= 4 is 0 Å². The van der Waals surface area contributed by atoms with Crippen molar-refractivity contribution < 1.29 is 13.2 Å². The summed E-state index contributed by atoms with van der Waals surface area (Å²) in [7, 11) is 3.04. The monoisotopic (exact) mass is 299 g/mol. The lowest BCUT2D eigenvalue weighted by molar-refractivity contribution is -0.143. The molecular weight excluding hydrogens is 283 g/mol. The van der Waals surface area contributed by atoms with Crippen LogP contribution in [0.25, 0.3) is 11.4 Å². The van der Waals surface area contributed by atoms with Crippen molar-refractivity contribution in [1.29, 1.82) is 0 Å². The van der Waals surface area contributed by atoms with Crippen molar-refractivity contribution in [3.63, 3.8) is 0 Å². The van der Waals surface area contributed by atoms with E-state index in [0.717, 1.165) is 35.0 Å². The maximum absolute atomic E-state index is 12.9. The largest absolute Gasteiger partial charge is 0.433 e. The Bertz CT molecular complexity index is 683. The van der Waals surface area contributed by atoms with Crippen molar-refractivity contribution in [3.8, 4) is 11.4 Å². The predicted molar refractivity (Wildman–Crippen MR) is 70.5 cm³/mol. The summed E-state index contributed by atoms with van der Waals surface area (Å²) in [5.41, 5.74) is 2.10. The van der Waals surface area contributed by atoms with Gasteiger partial charge in [-0.3, -0.25) is 9.36 Å². The standard InChI is InChI=1S/C13H16F3N5/c1-7-11-8(4-5-17-7)12(21(3)19-11)9-6-10(13(14,15)16)20(2)18-9/h6-7,17H,4-5H2,1-3H3/t7-/m0/s1. The van der Waals surface area contributed by atoms with Crippen molar-refractivity contribution in [2.24, 2.45) is 14.1 Å². The Kier molecular flexibility index (Phi) is 3.09. The van der Waals surface area contributed by atoms with Crippen molar-refractivity contribution in [3.05, 3.63) is 23.0 Å². The molecule has 1 N–H and O–H groups in total. The zero-order valence-electron chi connectivity index (χ0n) is 12.0. The molecule has 0 saturated carbocycles. The van der Waals surface area contributed by atoms with E-state index in [1.807, 2.05) is 6.92 Å². The first kappa shape index (κ1) is 14.1. The minimum Gasteiger partial charge on any atom is -0.308 e. The van der Waals surface area contributed by atoms with E-state index in [9.17, 15) is 13.2 Å². The predicted octanol–water partition coefficient (Wildman–Crippen LogP) is 2.05. The highest BCUT2D eigenvalue weighted by Gasteiger charge is 2.36. The zero-order valence-corrected chi connectivity index (χ0v) is 12.0. The van der Waals surface area contributed by atoms with Crippen molar-refractivity contribution in [2.45, 2.75) is 25.6 Å². The van der Waals surface area contributed by atoms with Crippen LogP contribution in [-0.4, -0.2) is 26.1 Å². The summed E-state index contributed by atoms with van der Waals surface area (Å²) >= 11 is 0. The fraction of sp³-hybridized carbons (Fsp3) is 0.538. The summed E-state index contributed by atoms with van der Waals surface area (Å²) in [6.07, 6.45) is -3.67. The van der Waals surface area contributed by atoms with Gasteiger partial charge in [0, 0.05) is 25.7 Å². The molecule has 2 aromatic rings. The topological polar surface area (TPSA) is 47.7 Å². The Labute approximate surface area is 119 Å². The molecule has 0 aromatic carbocycles. The maximum Gasteiger partial charge on any atom is 0.433 e. The average Bonchev–Trinajstić information content (AvgIpc) is 2.89. The van der Waals surface area contributed by atoms with Gasteiger partial charge in [-0.05, 0) is 26.0 Å². The first-order valence-electron chi connectivity index (χ1n) is 6.69. The van der Waals surface area contributed by atoms with Crippen LogP contribution < -0.4 is 5.32 Å². The lowest BCUT2D eigenvalue weighted by Crippen LogP contribution is -2.27. The summed E-state index contributed by atoms with van der Waals surface area (Å²) in [4.78, 5) is 0. The number of hydrogen-bond donors (Lipinski definition) is 1. The first-order chi connectivity index (χ1) is 9.79. The molecule has 0 aliphatic carbocycles. The fourth-order valence-corrected chi connectivity index (χ4v) is 2.86. The van der Waals surface area contributed by atoms with Gasteiger partial charge >= 0.3 is 6.18 Å². The van der Waals surface area contributed by atoms with Crippen LogP contribution >= 0.6 is 0 Å². The summed E-state index contributed by atoms with van der Waals surface area (Å²) < 4.78 is 41.2. The summed E-state index contributed by atoms with van der Waals surface area (Å²) in [6.45, 7) is 2.78. The van der Waals surface area contributed by atoms with Crippen LogP contribution in [0.15, 0.2) is 6.07 Å². The van der Waals surface area contributed by atoms with Gasteiger partial charge in [0.1, 0.15) is 11.4 Å². The molecule has 114 valence electrons. The molecule has 1 atom stereocenters. The molecular formula is C13H16F3N5. The zero-order chi connectivity index (χ0) is 15.4. The number of halogens is 3. The molecule has 1 aliphatic rings. The number of aryl methyl sites for hydroxylation is 2. The number of nitrogens with zero attached hydrogens (tertiary/aromatic N) is 4. The van der Waals surface area contributed by atoms with Gasteiger partial charge in [0.25, 0.3) is 0 Å². The van der Waals surface area contributed by atoms with Gasteiger partial charge in [-0.1, -0.05) is 0 Å². The van der Waals surface area contributed by atoms with E-state index in [4.69, 9.17) is 0 Å². The van der Waals surface area contributed by atoms with Crippen LogP contribution in [0.3, 0.4) is 0 Å². The Hall–Kier alpha value is -1.83. The second kappa shape index (κ2) is 4.59. The van der Waals surface area contributed by atoms with E-state index in [-0.39, 0.29) is 6.04 Å². The molecule has 3 rings (SSSR count). The van der Waals surface area contributed by atoms with Gasteiger partial charge in [0.15, 0.2) is 0 Å². The molecule has 8 heteroatoms. The number of nitrogens with one attached hydrogen (secondary N) is 1. The number of rotatable bonds is 1. The van der Waals surface area contributed by atoms with Gasteiger partial charge in [-0.2, -0.15) is 23.4 Å². The summed E-state index contributed by atoms with van der Waals surface area (Å²) in [6, 6.07) is 1.18. The highest BCUT2D eigenvalue weighted by atomic mass is 19.4. The average molecular weight is 299 g/mol. The molecule has 0 amide bonds. The fourth-order valence-electron chi connectivity index (χ4n) is 2.86. The molecule has 0 spiro atoms. The molecule has 0 fully saturated rings. The number of hydrogen-bond acceptors (Lipinski definition) is 3. The van der Waals surface area contributed by atoms with Crippen LogP contribution in [0, 0.1) is 0 Å². The number of alkyl halides is 3. The van der Waals surface area contributed by atoms with Gasteiger partial charge in [0.05, 0.1) is 11.4 Å². The second-order valence-electron chi connectivity index (χ2n) is 5.30. The van der Waals surface area contributed by atoms with E-state index in [0.29, 0.717) is 11.4 Å². The quantitative estimate of drug-likeness (QED) is 0.876. The van der Waals surface area contributed by atoms with Gasteiger partial charge in [-0.15, -0.1) is 0 Å². The molecule has 0 unspecified atom stereocenters. The third-order valence-electron chi connectivity index (χ3n) is 3.82. The van der Waals surface area contributed by atoms with Crippen LogP contribution in [0.4, 0.5) is 13.2 Å². The van der Waals surface area contributed by atoms with E-state index in [2.05, 4.69) is 15.5 Å². The number of fused-ring (bicyclic) bond motifs is 1. The second-order valence-corrected chi connectivity index (χ2v) is 5.30. The molecule has 0 saturated heterocycles. The van der Waals surface area contributed by atoms with Crippen LogP contribution in [0.1, 0.15) is 29.9 Å². The van der Waals surface area contributed by atoms with E-state index >= 15 is 0 Å². The minimum absolute atomic E-state index is 0.0968. The molecule has 2 aromatic heterocycles. The van der Waals surface area contributed by atoms with E-state index in [1.54, 1.807) is 11.7 Å². The van der Waals surface area contributed by atoms with E-state index in [1.165, 1.54) is 7.05 Å². The van der Waals surface area contributed by atoms with Crippen LogP contribution in [0.5, 0.6) is 0 Å². The van der Waals surface area contributed by atoms with E-state index < -0.39 is 11.9 Å². The molecule has 1 aliphatic heterocycles. The Morgan fingerprint density at radius 3 is 2.57 bits per heavy atom. The summed E-state index contributed by atoms with van der Waals surface area (Å²) in [5, 5.41) is 11.8. The first-order valence-corrected chi connectivity index (χ1v) is 6.69. The van der Waals surface area contributed by atoms with Gasteiger partial charge < -0.3 is 5.32 Å². The lowest BCUT2D eigenvalue weighted by atomic mass is 9.99. The Balaban J connectivity index is 2.14.